The molecule has 0 bridgehead atoms. The molecule has 18 heavy (non-hydrogen) atoms. The van der Waals surface area contributed by atoms with Gasteiger partial charge in [0.2, 0.25) is 5.91 Å². The summed E-state index contributed by atoms with van der Waals surface area (Å²) in [6, 6.07) is 0.211. The number of amides is 1. The molecule has 1 aliphatic carbocycles. The molecule has 0 aromatic heterocycles. The van der Waals surface area contributed by atoms with Gasteiger partial charge in [-0.15, -0.1) is 12.4 Å². The monoisotopic (exact) mass is 274 g/mol. The number of carbonyl (C=O) groups is 1. The molecule has 2 N–H and O–H groups in total. The van der Waals surface area contributed by atoms with Gasteiger partial charge in [0.05, 0.1) is 0 Å². The largest absolute Gasteiger partial charge is 0.341 e. The summed E-state index contributed by atoms with van der Waals surface area (Å²) in [6.07, 6.45) is 10.8. The first-order chi connectivity index (χ1) is 8.25. The Morgan fingerprint density at radius 1 is 1.11 bits per heavy atom. The van der Waals surface area contributed by atoms with E-state index in [0.29, 0.717) is 5.91 Å². The Morgan fingerprint density at radius 3 is 2.50 bits per heavy atom. The predicted molar refractivity (Wildman–Crippen MR) is 76.8 cm³/mol. The molecule has 106 valence electrons. The van der Waals surface area contributed by atoms with E-state index in [0.717, 1.165) is 44.7 Å². The fourth-order valence-electron chi connectivity index (χ4n) is 3.20. The predicted octanol–water partition coefficient (Wildman–Crippen LogP) is 2.72. The van der Waals surface area contributed by atoms with Gasteiger partial charge in [-0.3, -0.25) is 4.79 Å². The second kappa shape index (κ2) is 8.00. The van der Waals surface area contributed by atoms with Crippen molar-refractivity contribution >= 4 is 18.3 Å². The highest BCUT2D eigenvalue weighted by molar-refractivity contribution is 5.85. The Kier molecular flexibility index (Phi) is 7.02. The van der Waals surface area contributed by atoms with Crippen molar-refractivity contribution in [2.75, 3.05) is 13.1 Å². The van der Waals surface area contributed by atoms with Crippen LogP contribution in [0.5, 0.6) is 0 Å². The lowest BCUT2D eigenvalue weighted by atomic mass is 9.86. The van der Waals surface area contributed by atoms with Crippen LogP contribution in [0.1, 0.15) is 57.8 Å². The third kappa shape index (κ3) is 4.77. The molecular weight excluding hydrogens is 248 g/mol. The first-order valence-corrected chi connectivity index (χ1v) is 7.29. The fraction of sp³-hybridized carbons (Fsp3) is 0.929. The van der Waals surface area contributed by atoms with Crippen LogP contribution in [0, 0.1) is 5.92 Å². The lowest BCUT2D eigenvalue weighted by Gasteiger charge is -2.31. The van der Waals surface area contributed by atoms with Crippen molar-refractivity contribution in [1.82, 2.24) is 4.90 Å². The van der Waals surface area contributed by atoms with Crippen LogP contribution in [0.4, 0.5) is 0 Å². The van der Waals surface area contributed by atoms with E-state index in [9.17, 15) is 4.79 Å². The summed E-state index contributed by atoms with van der Waals surface area (Å²) in [6.45, 7) is 1.71. The van der Waals surface area contributed by atoms with Crippen LogP contribution < -0.4 is 5.73 Å². The van der Waals surface area contributed by atoms with Gasteiger partial charge in [-0.25, -0.2) is 0 Å². The van der Waals surface area contributed by atoms with Crippen molar-refractivity contribution < 1.29 is 4.79 Å². The molecule has 3 nitrogen and oxygen atoms in total. The van der Waals surface area contributed by atoms with Crippen LogP contribution in [0.3, 0.4) is 0 Å². The smallest absolute Gasteiger partial charge is 0.222 e. The number of halogens is 1. The van der Waals surface area contributed by atoms with Crippen molar-refractivity contribution in [1.29, 1.82) is 0 Å². The van der Waals surface area contributed by atoms with Gasteiger partial charge in [-0.2, -0.15) is 0 Å². The maximum absolute atomic E-state index is 12.1. The quantitative estimate of drug-likeness (QED) is 0.860. The number of nitrogens with zero attached hydrogens (tertiary/aromatic N) is 1. The maximum atomic E-state index is 12.1. The van der Waals surface area contributed by atoms with Gasteiger partial charge >= 0.3 is 0 Å². The Labute approximate surface area is 117 Å². The summed E-state index contributed by atoms with van der Waals surface area (Å²) in [5.41, 5.74) is 5.91. The Balaban J connectivity index is 0.00000162. The number of likely N-dealkylation sites (tertiary alicyclic amines) is 1. The van der Waals surface area contributed by atoms with Gasteiger partial charge < -0.3 is 10.6 Å². The Bertz CT molecular complexity index is 254. The molecule has 2 rings (SSSR count). The minimum absolute atomic E-state index is 0. The average molecular weight is 275 g/mol. The van der Waals surface area contributed by atoms with Gasteiger partial charge in [0.1, 0.15) is 0 Å². The van der Waals surface area contributed by atoms with Crippen molar-refractivity contribution in [3.8, 4) is 0 Å². The molecule has 1 saturated carbocycles. The summed E-state index contributed by atoms with van der Waals surface area (Å²) in [5.74, 6) is 1.15. The molecular formula is C14H27ClN2O. The minimum atomic E-state index is 0. The molecule has 1 saturated heterocycles. The zero-order valence-electron chi connectivity index (χ0n) is 11.3. The molecule has 0 unspecified atom stereocenters. The van der Waals surface area contributed by atoms with Gasteiger partial charge in [0.25, 0.3) is 0 Å². The molecule has 2 aliphatic rings. The standard InChI is InChI=1S/C14H26N2O.ClH/c15-13-7-4-10-16(11-13)14(17)9-8-12-5-2-1-3-6-12;/h12-13H,1-11,15H2;1H/t13-;/m1./s1. The normalized spacial score (nSPS) is 25.6. The van der Waals surface area contributed by atoms with E-state index in [1.807, 2.05) is 4.90 Å². The summed E-state index contributed by atoms with van der Waals surface area (Å²) >= 11 is 0. The number of piperidine rings is 1. The SMILES string of the molecule is Cl.N[C@@H]1CCCN(C(=O)CCC2CCCCC2)C1. The summed E-state index contributed by atoms with van der Waals surface area (Å²) in [5, 5.41) is 0. The van der Waals surface area contributed by atoms with E-state index in [1.165, 1.54) is 32.1 Å². The number of nitrogens with two attached hydrogens (primary N) is 1. The highest BCUT2D eigenvalue weighted by atomic mass is 35.5. The van der Waals surface area contributed by atoms with E-state index in [-0.39, 0.29) is 18.4 Å². The number of carbonyl (C=O) groups excluding carboxylic acids is 1. The highest BCUT2D eigenvalue weighted by Crippen LogP contribution is 2.27. The Hall–Kier alpha value is -0.280. The molecule has 1 aliphatic heterocycles. The van der Waals surface area contributed by atoms with E-state index in [2.05, 4.69) is 0 Å². The van der Waals surface area contributed by atoms with Crippen LogP contribution >= 0.6 is 12.4 Å². The van der Waals surface area contributed by atoms with Crippen molar-refractivity contribution in [3.05, 3.63) is 0 Å². The van der Waals surface area contributed by atoms with Crippen LogP contribution in [-0.2, 0) is 4.79 Å². The molecule has 1 heterocycles. The van der Waals surface area contributed by atoms with Crippen LogP contribution in [-0.4, -0.2) is 29.9 Å². The Morgan fingerprint density at radius 2 is 1.83 bits per heavy atom. The van der Waals surface area contributed by atoms with Crippen LogP contribution in [0.2, 0.25) is 0 Å². The second-order valence-corrected chi connectivity index (χ2v) is 5.78. The van der Waals surface area contributed by atoms with Crippen LogP contribution in [0.15, 0.2) is 0 Å². The maximum Gasteiger partial charge on any atom is 0.222 e. The first kappa shape index (κ1) is 15.8. The lowest BCUT2D eigenvalue weighted by Crippen LogP contribution is -2.45. The van der Waals surface area contributed by atoms with Gasteiger partial charge in [-0.1, -0.05) is 32.1 Å². The highest BCUT2D eigenvalue weighted by Gasteiger charge is 2.22. The number of hydrogen-bond acceptors (Lipinski definition) is 2. The summed E-state index contributed by atoms with van der Waals surface area (Å²) < 4.78 is 0. The fourth-order valence-corrected chi connectivity index (χ4v) is 3.20. The molecule has 2 fully saturated rings. The van der Waals surface area contributed by atoms with E-state index in [4.69, 9.17) is 5.73 Å². The number of hydrogen-bond donors (Lipinski definition) is 1. The van der Waals surface area contributed by atoms with E-state index >= 15 is 0 Å². The molecule has 1 atom stereocenters. The van der Waals surface area contributed by atoms with Gasteiger partial charge in [0.15, 0.2) is 0 Å². The molecule has 0 radical (unpaired) electrons. The minimum Gasteiger partial charge on any atom is -0.341 e. The molecule has 0 aromatic carbocycles. The second-order valence-electron chi connectivity index (χ2n) is 5.78. The number of rotatable bonds is 3. The third-order valence-electron chi connectivity index (χ3n) is 4.30. The zero-order chi connectivity index (χ0) is 12.1. The molecule has 1 amide bonds. The topological polar surface area (TPSA) is 46.3 Å². The van der Waals surface area contributed by atoms with Crippen molar-refractivity contribution in [3.63, 3.8) is 0 Å². The molecule has 0 aromatic rings. The van der Waals surface area contributed by atoms with Gasteiger partial charge in [0, 0.05) is 25.6 Å². The molecule has 0 spiro atoms. The summed E-state index contributed by atoms with van der Waals surface area (Å²) in [7, 11) is 0. The van der Waals surface area contributed by atoms with Crippen molar-refractivity contribution in [2.24, 2.45) is 11.7 Å². The average Bonchev–Trinajstić information content (AvgIpc) is 2.37. The van der Waals surface area contributed by atoms with Crippen molar-refractivity contribution in [2.45, 2.75) is 63.8 Å². The molecule has 4 heteroatoms. The lowest BCUT2D eigenvalue weighted by molar-refractivity contribution is -0.132. The zero-order valence-corrected chi connectivity index (χ0v) is 12.1. The van der Waals surface area contributed by atoms with Gasteiger partial charge in [-0.05, 0) is 25.2 Å². The third-order valence-corrected chi connectivity index (χ3v) is 4.30. The first-order valence-electron chi connectivity index (χ1n) is 7.29. The summed E-state index contributed by atoms with van der Waals surface area (Å²) in [4.78, 5) is 14.0. The van der Waals surface area contributed by atoms with E-state index < -0.39 is 0 Å². The van der Waals surface area contributed by atoms with E-state index in [1.54, 1.807) is 0 Å². The van der Waals surface area contributed by atoms with Crippen LogP contribution in [0.25, 0.3) is 0 Å².